The summed E-state index contributed by atoms with van der Waals surface area (Å²) in [5, 5.41) is 4.67. The Labute approximate surface area is 291 Å². The van der Waals surface area contributed by atoms with E-state index in [1.54, 1.807) is 11.3 Å². The summed E-state index contributed by atoms with van der Waals surface area (Å²) in [6.45, 7) is 0. The molecule has 4 heterocycles. The van der Waals surface area contributed by atoms with Crippen molar-refractivity contribution >= 4 is 53.3 Å². The zero-order chi connectivity index (χ0) is 33.0. The van der Waals surface area contributed by atoms with Crippen LogP contribution in [0, 0.1) is 0 Å². The zero-order valence-electron chi connectivity index (χ0n) is 26.7. The summed E-state index contributed by atoms with van der Waals surface area (Å²) < 4.78 is 4.65. The molecule has 6 heteroatoms. The molecule has 0 saturated heterocycles. The highest BCUT2D eigenvalue weighted by atomic mass is 32.1. The molecule has 0 N–H and O–H groups in total. The van der Waals surface area contributed by atoms with E-state index in [0.717, 1.165) is 54.6 Å². The average molecular weight is 658 g/mol. The summed E-state index contributed by atoms with van der Waals surface area (Å²) in [7, 11) is 0. The average Bonchev–Trinajstić information content (AvgIpc) is 3.75. The molecule has 0 unspecified atom stereocenters. The summed E-state index contributed by atoms with van der Waals surface area (Å²) in [5.41, 5.74) is 8.27. The monoisotopic (exact) mass is 657 g/mol. The molecule has 5 nitrogen and oxygen atoms in total. The molecule has 0 aliphatic rings. The molecule has 0 aliphatic carbocycles. The van der Waals surface area contributed by atoms with Crippen LogP contribution in [0.4, 0.5) is 0 Å². The third kappa shape index (κ3) is 4.61. The van der Waals surface area contributed by atoms with Gasteiger partial charge in [-0.05, 0) is 36.4 Å². The van der Waals surface area contributed by atoms with Gasteiger partial charge in [0.1, 0.15) is 0 Å². The van der Waals surface area contributed by atoms with E-state index in [2.05, 4.69) is 102 Å². The first-order valence-electron chi connectivity index (χ1n) is 16.6. The Morgan fingerprint density at radius 1 is 0.460 bits per heavy atom. The first-order chi connectivity index (χ1) is 24.8. The van der Waals surface area contributed by atoms with Crippen LogP contribution in [0.3, 0.4) is 0 Å². The molecular weight excluding hydrogens is 631 g/mol. The second-order valence-corrected chi connectivity index (χ2v) is 13.3. The van der Waals surface area contributed by atoms with Crippen LogP contribution in [0.2, 0.25) is 0 Å². The van der Waals surface area contributed by atoms with Crippen molar-refractivity contribution in [3.8, 4) is 51.1 Å². The number of nitrogens with zero attached hydrogens (tertiary/aromatic N) is 5. The number of para-hydroxylation sites is 2. The Hall–Kier alpha value is -6.50. The summed E-state index contributed by atoms with van der Waals surface area (Å²) in [4.78, 5) is 20.3. The smallest absolute Gasteiger partial charge is 0.166 e. The number of thiophene rings is 1. The van der Waals surface area contributed by atoms with E-state index in [0.29, 0.717) is 17.5 Å². The molecule has 6 aromatic carbocycles. The van der Waals surface area contributed by atoms with E-state index < -0.39 is 0 Å². The van der Waals surface area contributed by atoms with Gasteiger partial charge in [0.05, 0.1) is 21.4 Å². The van der Waals surface area contributed by atoms with Crippen molar-refractivity contribution in [3.05, 3.63) is 164 Å². The second-order valence-electron chi connectivity index (χ2n) is 12.3. The molecule has 0 radical (unpaired) electrons. The Morgan fingerprint density at radius 2 is 1.04 bits per heavy atom. The van der Waals surface area contributed by atoms with Crippen LogP contribution >= 0.6 is 11.3 Å². The van der Waals surface area contributed by atoms with E-state index in [1.165, 1.54) is 21.0 Å². The highest BCUT2D eigenvalue weighted by molar-refractivity contribution is 7.26. The Balaban J connectivity index is 1.22. The second kappa shape index (κ2) is 11.6. The fourth-order valence-corrected chi connectivity index (χ4v) is 8.25. The van der Waals surface area contributed by atoms with E-state index in [1.807, 2.05) is 66.9 Å². The summed E-state index contributed by atoms with van der Waals surface area (Å²) in [6, 6.07) is 54.7. The van der Waals surface area contributed by atoms with Crippen molar-refractivity contribution in [1.29, 1.82) is 0 Å². The van der Waals surface area contributed by atoms with Crippen LogP contribution < -0.4 is 0 Å². The van der Waals surface area contributed by atoms with E-state index in [9.17, 15) is 0 Å². The van der Waals surface area contributed by atoms with E-state index >= 15 is 0 Å². The Bertz CT molecular complexity index is 2800. The fraction of sp³-hybridized carbons (Fsp3) is 0. The van der Waals surface area contributed by atoms with Crippen LogP contribution in [0.15, 0.2) is 164 Å². The van der Waals surface area contributed by atoms with Gasteiger partial charge in [-0.15, -0.1) is 11.3 Å². The Kier molecular flexibility index (Phi) is 6.60. The van der Waals surface area contributed by atoms with Gasteiger partial charge in [0, 0.05) is 60.4 Å². The van der Waals surface area contributed by atoms with Gasteiger partial charge in [0.2, 0.25) is 0 Å². The van der Waals surface area contributed by atoms with Gasteiger partial charge in [-0.25, -0.2) is 15.0 Å². The summed E-state index contributed by atoms with van der Waals surface area (Å²) in [5.74, 6) is 1.87. The van der Waals surface area contributed by atoms with E-state index in [4.69, 9.17) is 19.9 Å². The first-order valence-corrected chi connectivity index (χ1v) is 17.4. The van der Waals surface area contributed by atoms with Gasteiger partial charge in [-0.3, -0.25) is 4.98 Å². The lowest BCUT2D eigenvalue weighted by molar-refractivity contribution is 1.07. The maximum atomic E-state index is 5.21. The zero-order valence-corrected chi connectivity index (χ0v) is 27.5. The number of rotatable bonds is 5. The minimum absolute atomic E-state index is 0.603. The largest absolute Gasteiger partial charge is 0.309 e. The summed E-state index contributed by atoms with van der Waals surface area (Å²) >= 11 is 1.77. The van der Waals surface area contributed by atoms with Crippen LogP contribution in [0.25, 0.3) is 93.1 Å². The standard InChI is InChI=1S/C44H27N5S/c1-4-14-28(15-5-1)42-46-43(29-16-6-2-7-17-29)48-44(47-42)35-27-45-40(41-39(35)33-21-11-13-23-38(33)50-41)30-24-25-37-34(26-30)32-20-10-12-22-36(32)49(37)31-18-8-3-9-19-31/h1-27H. The maximum Gasteiger partial charge on any atom is 0.166 e. The molecule has 234 valence electrons. The number of benzene rings is 6. The lowest BCUT2D eigenvalue weighted by atomic mass is 10.0. The normalized spacial score (nSPS) is 11.6. The van der Waals surface area contributed by atoms with Crippen molar-refractivity contribution in [2.45, 2.75) is 0 Å². The van der Waals surface area contributed by atoms with Crippen LogP contribution in [-0.2, 0) is 0 Å². The molecule has 0 fully saturated rings. The number of hydrogen-bond donors (Lipinski definition) is 0. The van der Waals surface area contributed by atoms with E-state index in [-0.39, 0.29) is 0 Å². The minimum atomic E-state index is 0.603. The van der Waals surface area contributed by atoms with Gasteiger partial charge in [-0.1, -0.05) is 121 Å². The number of aromatic nitrogens is 5. The third-order valence-electron chi connectivity index (χ3n) is 9.30. The fourth-order valence-electron chi connectivity index (χ4n) is 7.01. The highest BCUT2D eigenvalue weighted by Gasteiger charge is 2.21. The van der Waals surface area contributed by atoms with Gasteiger partial charge in [0.25, 0.3) is 0 Å². The topological polar surface area (TPSA) is 56.5 Å². The van der Waals surface area contributed by atoms with Crippen molar-refractivity contribution in [1.82, 2.24) is 24.5 Å². The molecular formula is C44H27N5S. The molecule has 0 bridgehead atoms. The van der Waals surface area contributed by atoms with Crippen molar-refractivity contribution in [3.63, 3.8) is 0 Å². The number of fused-ring (bicyclic) bond motifs is 6. The highest BCUT2D eigenvalue weighted by Crippen LogP contribution is 2.44. The number of pyridine rings is 1. The van der Waals surface area contributed by atoms with Gasteiger partial charge in [0.15, 0.2) is 17.5 Å². The third-order valence-corrected chi connectivity index (χ3v) is 10.5. The van der Waals surface area contributed by atoms with Crippen molar-refractivity contribution in [2.75, 3.05) is 0 Å². The lowest BCUT2D eigenvalue weighted by Crippen LogP contribution is -2.01. The molecule has 50 heavy (non-hydrogen) atoms. The van der Waals surface area contributed by atoms with Gasteiger partial charge < -0.3 is 4.57 Å². The molecule has 0 atom stereocenters. The molecule has 4 aromatic heterocycles. The quantitative estimate of drug-likeness (QED) is 0.185. The summed E-state index contributed by atoms with van der Waals surface area (Å²) in [6.07, 6.45) is 1.95. The lowest BCUT2D eigenvalue weighted by Gasteiger charge is -2.11. The van der Waals surface area contributed by atoms with Crippen LogP contribution in [0.5, 0.6) is 0 Å². The SMILES string of the molecule is c1ccc(-c2nc(-c3ccccc3)nc(-c3cnc(-c4ccc5c(c4)c4ccccc4n5-c4ccccc4)c4sc5ccccc5c34)n2)cc1. The molecule has 0 spiro atoms. The van der Waals surface area contributed by atoms with Gasteiger partial charge >= 0.3 is 0 Å². The molecule has 0 saturated carbocycles. The van der Waals surface area contributed by atoms with Gasteiger partial charge in [-0.2, -0.15) is 0 Å². The predicted octanol–water partition coefficient (Wildman–Crippen LogP) is 11.4. The molecule has 10 rings (SSSR count). The molecule has 10 aromatic rings. The molecule has 0 aliphatic heterocycles. The maximum absolute atomic E-state index is 5.21. The minimum Gasteiger partial charge on any atom is -0.309 e. The Morgan fingerprint density at radius 3 is 1.76 bits per heavy atom. The van der Waals surface area contributed by atoms with Crippen molar-refractivity contribution < 1.29 is 0 Å². The first kappa shape index (κ1) is 28.5. The van der Waals surface area contributed by atoms with Crippen LogP contribution in [0.1, 0.15) is 0 Å². The van der Waals surface area contributed by atoms with Crippen LogP contribution in [-0.4, -0.2) is 24.5 Å². The number of hydrogen-bond acceptors (Lipinski definition) is 5. The van der Waals surface area contributed by atoms with Crippen molar-refractivity contribution in [2.24, 2.45) is 0 Å². The molecule has 0 amide bonds. The predicted molar refractivity (Wildman–Crippen MR) is 207 cm³/mol.